The SMILES string of the molecule is CC(C)C(NC(=O)OC(C)(C)C)C(=O)SCCC=C[C@@H]1CC(=O)NCc2nc(cs2)C(=O)NC(C)(C)C(=O)N[C@@H](C(C)C)C(=O)O1. The van der Waals surface area contributed by atoms with Crippen molar-refractivity contribution in [3.05, 3.63) is 28.2 Å². The van der Waals surface area contributed by atoms with E-state index in [1.54, 1.807) is 46.8 Å². The van der Waals surface area contributed by atoms with E-state index < -0.39 is 59.1 Å². The number of fused-ring (bicyclic) bond motifs is 2. The van der Waals surface area contributed by atoms with E-state index >= 15 is 0 Å². The van der Waals surface area contributed by atoms with E-state index in [0.717, 1.165) is 11.8 Å². The first kappa shape index (κ1) is 38.7. The maximum absolute atomic E-state index is 13.3. The lowest BCUT2D eigenvalue weighted by Gasteiger charge is -2.29. The molecule has 0 aliphatic carbocycles. The van der Waals surface area contributed by atoms with E-state index in [4.69, 9.17) is 9.47 Å². The molecule has 13 nitrogen and oxygen atoms in total. The van der Waals surface area contributed by atoms with Crippen molar-refractivity contribution in [2.75, 3.05) is 5.75 Å². The topological polar surface area (TPSA) is 182 Å². The molecule has 2 bridgehead atoms. The van der Waals surface area contributed by atoms with Gasteiger partial charge in [0.15, 0.2) is 0 Å². The van der Waals surface area contributed by atoms with E-state index in [1.807, 2.05) is 13.8 Å². The van der Waals surface area contributed by atoms with Crippen LogP contribution in [0.25, 0.3) is 0 Å². The number of rotatable bonds is 8. The Morgan fingerprint density at radius 3 is 2.48 bits per heavy atom. The van der Waals surface area contributed by atoms with E-state index in [-0.39, 0.29) is 35.6 Å². The van der Waals surface area contributed by atoms with E-state index in [1.165, 1.54) is 30.6 Å². The fraction of sp³-hybridized carbons (Fsp3) is 0.645. The van der Waals surface area contributed by atoms with Gasteiger partial charge in [0.05, 0.1) is 13.0 Å². The van der Waals surface area contributed by atoms with Crippen molar-refractivity contribution in [2.24, 2.45) is 11.8 Å². The highest BCUT2D eigenvalue weighted by atomic mass is 32.2. The fourth-order valence-electron chi connectivity index (χ4n) is 4.02. The molecule has 1 unspecified atom stereocenters. The van der Waals surface area contributed by atoms with Crippen molar-refractivity contribution >= 4 is 58.0 Å². The number of alkyl carbamates (subject to hydrolysis) is 1. The summed E-state index contributed by atoms with van der Waals surface area (Å²) >= 11 is 2.24. The third-order valence-corrected chi connectivity index (χ3v) is 8.38. The number of allylic oxidation sites excluding steroid dienone is 1. The first-order valence-corrected chi connectivity index (χ1v) is 17.0. The highest BCUT2D eigenvalue weighted by Crippen LogP contribution is 2.18. The molecule has 15 heteroatoms. The van der Waals surface area contributed by atoms with Crippen LogP contribution in [0.1, 0.15) is 90.7 Å². The van der Waals surface area contributed by atoms with Crippen molar-refractivity contribution in [3.8, 4) is 0 Å². The molecule has 1 aromatic heterocycles. The zero-order valence-electron chi connectivity index (χ0n) is 28.0. The van der Waals surface area contributed by atoms with Gasteiger partial charge in [-0.3, -0.25) is 19.2 Å². The van der Waals surface area contributed by atoms with Gasteiger partial charge in [-0.15, -0.1) is 11.3 Å². The number of ether oxygens (including phenoxy) is 2. The number of thiazole rings is 1. The third-order valence-electron chi connectivity index (χ3n) is 6.55. The number of amides is 4. The lowest BCUT2D eigenvalue weighted by molar-refractivity contribution is -0.153. The molecular weight excluding hydrogens is 635 g/mol. The average Bonchev–Trinajstić information content (AvgIpc) is 3.40. The molecule has 1 aromatic rings. The minimum atomic E-state index is -1.37. The number of thioether (sulfide) groups is 1. The van der Waals surface area contributed by atoms with Gasteiger partial charge in [0.2, 0.25) is 16.9 Å². The standard InChI is InChI=1S/C31H47N5O8S2/c1-17(2)23-26(39)43-19(12-10-11-13-45-27(40)24(18(3)4)35-29(42)44-30(5,6)7)14-21(37)32-15-22-33-20(16-46-22)25(38)36-31(8,9)28(41)34-23/h10,12,16-19,23-24H,11,13-15H2,1-9H3,(H,32,37)(H,34,41)(H,35,42)(H,36,38)/t19-,23+,24?/m1/s1. The Morgan fingerprint density at radius 2 is 1.87 bits per heavy atom. The molecule has 4 amide bonds. The second kappa shape index (κ2) is 16.9. The molecule has 1 aliphatic rings. The Balaban J connectivity index is 2.15. The van der Waals surface area contributed by atoms with Gasteiger partial charge < -0.3 is 30.7 Å². The Bertz CT molecular complexity index is 1300. The Hall–Kier alpha value is -3.46. The number of carbonyl (C=O) groups excluding carboxylic acids is 6. The van der Waals surface area contributed by atoms with Crippen LogP contribution < -0.4 is 21.3 Å². The fourth-order valence-corrected chi connectivity index (χ4v) is 5.70. The smallest absolute Gasteiger partial charge is 0.408 e. The van der Waals surface area contributed by atoms with Gasteiger partial charge >= 0.3 is 12.1 Å². The van der Waals surface area contributed by atoms with Crippen LogP contribution in [0.2, 0.25) is 0 Å². The molecule has 0 radical (unpaired) electrons. The zero-order valence-corrected chi connectivity index (χ0v) is 29.6. The molecule has 0 saturated carbocycles. The number of cyclic esters (lactones) is 1. The number of esters is 1. The summed E-state index contributed by atoms with van der Waals surface area (Å²) in [4.78, 5) is 81.3. The summed E-state index contributed by atoms with van der Waals surface area (Å²) in [5.74, 6) is -2.46. The van der Waals surface area contributed by atoms with Crippen molar-refractivity contribution in [2.45, 2.75) is 111 Å². The average molecular weight is 682 g/mol. The van der Waals surface area contributed by atoms with Crippen LogP contribution in [0.5, 0.6) is 0 Å². The van der Waals surface area contributed by atoms with E-state index in [0.29, 0.717) is 17.2 Å². The number of carbonyl (C=O) groups is 6. The van der Waals surface area contributed by atoms with E-state index in [9.17, 15) is 28.8 Å². The van der Waals surface area contributed by atoms with Gasteiger partial charge in [-0.2, -0.15) is 0 Å². The molecule has 256 valence electrons. The van der Waals surface area contributed by atoms with Crippen LogP contribution in [0.15, 0.2) is 17.5 Å². The molecule has 0 fully saturated rings. The summed E-state index contributed by atoms with van der Waals surface area (Å²) in [7, 11) is 0. The van der Waals surface area contributed by atoms with Crippen LogP contribution in [0, 0.1) is 11.8 Å². The quantitative estimate of drug-likeness (QED) is 0.180. The lowest BCUT2D eigenvalue weighted by atomic mass is 9.99. The van der Waals surface area contributed by atoms with Crippen molar-refractivity contribution < 1.29 is 38.2 Å². The molecule has 1 aliphatic heterocycles. The molecule has 3 atom stereocenters. The Labute approximate surface area is 278 Å². The summed E-state index contributed by atoms with van der Waals surface area (Å²) in [6, 6.07) is -1.79. The second-order valence-electron chi connectivity index (χ2n) is 13.1. The van der Waals surface area contributed by atoms with Crippen LogP contribution in [-0.2, 0) is 35.2 Å². The minimum absolute atomic E-state index is 0.0623. The highest BCUT2D eigenvalue weighted by Gasteiger charge is 2.36. The number of nitrogens with zero attached hydrogens (tertiary/aromatic N) is 1. The minimum Gasteiger partial charge on any atom is -0.456 e. The van der Waals surface area contributed by atoms with Gasteiger partial charge in [0.25, 0.3) is 5.91 Å². The van der Waals surface area contributed by atoms with Crippen LogP contribution in [-0.4, -0.2) is 75.0 Å². The largest absolute Gasteiger partial charge is 0.456 e. The highest BCUT2D eigenvalue weighted by molar-refractivity contribution is 8.13. The monoisotopic (exact) mass is 681 g/mol. The summed E-state index contributed by atoms with van der Waals surface area (Å²) in [6.45, 7) is 15.4. The number of aromatic nitrogens is 1. The molecule has 0 spiro atoms. The Kier molecular flexibility index (Phi) is 14.2. The number of hydrogen-bond acceptors (Lipinski definition) is 11. The summed E-state index contributed by atoms with van der Waals surface area (Å²) in [5.41, 5.74) is -1.96. The molecular formula is C31H47N5O8S2. The molecule has 46 heavy (non-hydrogen) atoms. The summed E-state index contributed by atoms with van der Waals surface area (Å²) < 4.78 is 11.0. The maximum atomic E-state index is 13.3. The normalized spacial score (nSPS) is 20.5. The first-order valence-electron chi connectivity index (χ1n) is 15.2. The number of nitrogens with one attached hydrogen (secondary N) is 4. The maximum Gasteiger partial charge on any atom is 0.408 e. The van der Waals surface area contributed by atoms with Crippen LogP contribution in [0.3, 0.4) is 0 Å². The third kappa shape index (κ3) is 12.7. The van der Waals surface area contributed by atoms with Crippen molar-refractivity contribution in [3.63, 3.8) is 0 Å². The van der Waals surface area contributed by atoms with Crippen LogP contribution in [0.4, 0.5) is 4.79 Å². The second-order valence-corrected chi connectivity index (χ2v) is 15.2. The van der Waals surface area contributed by atoms with E-state index in [2.05, 4.69) is 26.3 Å². The molecule has 4 N–H and O–H groups in total. The lowest BCUT2D eigenvalue weighted by Crippen LogP contribution is -2.59. The summed E-state index contributed by atoms with van der Waals surface area (Å²) in [5, 5.41) is 12.5. The number of hydrogen-bond donors (Lipinski definition) is 4. The summed E-state index contributed by atoms with van der Waals surface area (Å²) in [6.07, 6.45) is 1.87. The van der Waals surface area contributed by atoms with Gasteiger partial charge in [0, 0.05) is 11.1 Å². The van der Waals surface area contributed by atoms with Crippen molar-refractivity contribution in [1.82, 2.24) is 26.3 Å². The molecule has 2 heterocycles. The molecule has 0 saturated heterocycles. The molecule has 2 rings (SSSR count). The van der Waals surface area contributed by atoms with Crippen LogP contribution >= 0.6 is 23.1 Å². The predicted molar refractivity (Wildman–Crippen MR) is 176 cm³/mol. The Morgan fingerprint density at radius 1 is 1.20 bits per heavy atom. The van der Waals surface area contributed by atoms with Gasteiger partial charge in [-0.05, 0) is 59.0 Å². The zero-order chi connectivity index (χ0) is 34.8. The van der Waals surface area contributed by atoms with Gasteiger partial charge in [-0.25, -0.2) is 14.6 Å². The van der Waals surface area contributed by atoms with Gasteiger partial charge in [0.1, 0.15) is 40.0 Å². The first-order chi connectivity index (χ1) is 21.3. The molecule has 0 aromatic carbocycles. The van der Waals surface area contributed by atoms with Gasteiger partial charge in [-0.1, -0.05) is 45.5 Å². The van der Waals surface area contributed by atoms with Crippen molar-refractivity contribution in [1.29, 1.82) is 0 Å². The predicted octanol–water partition coefficient (Wildman–Crippen LogP) is 3.48.